The Balaban J connectivity index is 3.05. The number of hydrogen-bond acceptors (Lipinski definition) is 6. The maximum atomic E-state index is 11.1. The minimum atomic E-state index is -3.66. The fraction of sp³-hybridized carbons (Fsp3) is 0.222. The highest BCUT2D eigenvalue weighted by Gasteiger charge is 2.13. The fourth-order valence-corrected chi connectivity index (χ4v) is 1.47. The number of carbonyl (C=O) groups is 1. The number of benzene rings is 1. The van der Waals surface area contributed by atoms with Gasteiger partial charge in [-0.05, 0) is 12.1 Å². The van der Waals surface area contributed by atoms with Crippen LogP contribution in [0.5, 0.6) is 11.5 Å². The lowest BCUT2D eigenvalue weighted by molar-refractivity contribution is 0.0597. The van der Waals surface area contributed by atoms with Gasteiger partial charge in [0.15, 0.2) is 0 Å². The van der Waals surface area contributed by atoms with E-state index in [1.54, 1.807) is 0 Å². The first kappa shape index (κ1) is 12.3. The van der Waals surface area contributed by atoms with Gasteiger partial charge in [0.1, 0.15) is 17.1 Å². The summed E-state index contributed by atoms with van der Waals surface area (Å²) in [5, 5.41) is 9.41. The first-order chi connectivity index (χ1) is 7.33. The van der Waals surface area contributed by atoms with E-state index in [0.717, 1.165) is 12.3 Å². The molecule has 1 aromatic carbocycles. The molecule has 0 radical (unpaired) electrons. The number of methoxy groups -OCH3 is 1. The van der Waals surface area contributed by atoms with Gasteiger partial charge in [0, 0.05) is 6.07 Å². The largest absolute Gasteiger partial charge is 0.507 e. The Morgan fingerprint density at radius 1 is 1.38 bits per heavy atom. The molecule has 0 bridgehead atoms. The predicted molar refractivity (Wildman–Crippen MR) is 54.9 cm³/mol. The zero-order valence-electron chi connectivity index (χ0n) is 8.63. The number of hydrogen-bond donors (Lipinski definition) is 1. The fourth-order valence-electron chi connectivity index (χ4n) is 1.02. The van der Waals surface area contributed by atoms with Gasteiger partial charge >= 0.3 is 16.1 Å². The molecule has 0 unspecified atom stereocenters. The van der Waals surface area contributed by atoms with Crippen molar-refractivity contribution >= 4 is 16.1 Å². The summed E-state index contributed by atoms with van der Waals surface area (Å²) in [7, 11) is -2.49. The lowest BCUT2D eigenvalue weighted by Crippen LogP contribution is -2.06. The van der Waals surface area contributed by atoms with E-state index in [4.69, 9.17) is 0 Å². The van der Waals surface area contributed by atoms with Crippen LogP contribution in [0, 0.1) is 0 Å². The molecule has 0 saturated heterocycles. The van der Waals surface area contributed by atoms with Crippen molar-refractivity contribution in [2.45, 2.75) is 0 Å². The van der Waals surface area contributed by atoms with Crippen LogP contribution in [0.1, 0.15) is 10.4 Å². The van der Waals surface area contributed by atoms with E-state index in [2.05, 4.69) is 8.92 Å². The normalized spacial score (nSPS) is 10.9. The predicted octanol–water partition coefficient (Wildman–Crippen LogP) is 0.517. The van der Waals surface area contributed by atoms with Gasteiger partial charge < -0.3 is 14.0 Å². The van der Waals surface area contributed by atoms with E-state index in [1.165, 1.54) is 19.2 Å². The van der Waals surface area contributed by atoms with Crippen LogP contribution in [0.15, 0.2) is 18.2 Å². The Labute approximate surface area is 92.5 Å². The van der Waals surface area contributed by atoms with Crippen LogP contribution in [0.4, 0.5) is 0 Å². The number of rotatable bonds is 3. The second kappa shape index (κ2) is 4.40. The lowest BCUT2D eigenvalue weighted by Gasteiger charge is -2.05. The Morgan fingerprint density at radius 3 is 2.44 bits per heavy atom. The van der Waals surface area contributed by atoms with Crippen molar-refractivity contribution in [2.75, 3.05) is 13.4 Å². The first-order valence-electron chi connectivity index (χ1n) is 4.14. The Morgan fingerprint density at radius 2 is 2.00 bits per heavy atom. The molecule has 0 heterocycles. The number of aromatic hydroxyl groups is 1. The summed E-state index contributed by atoms with van der Waals surface area (Å²) in [5.41, 5.74) is -0.0663. The second-order valence-corrected chi connectivity index (χ2v) is 4.53. The van der Waals surface area contributed by atoms with Crippen molar-refractivity contribution in [3.05, 3.63) is 23.8 Å². The van der Waals surface area contributed by atoms with Crippen molar-refractivity contribution in [1.29, 1.82) is 0 Å². The third-order valence-corrected chi connectivity index (χ3v) is 2.12. The number of phenols is 1. The van der Waals surface area contributed by atoms with E-state index in [0.29, 0.717) is 0 Å². The van der Waals surface area contributed by atoms with Crippen LogP contribution in [0.25, 0.3) is 0 Å². The van der Waals surface area contributed by atoms with E-state index < -0.39 is 21.8 Å². The van der Waals surface area contributed by atoms with Gasteiger partial charge in [0.05, 0.1) is 13.4 Å². The Kier molecular flexibility index (Phi) is 3.38. The lowest BCUT2D eigenvalue weighted by atomic mass is 10.2. The molecule has 1 N–H and O–H groups in total. The number of carbonyl (C=O) groups excluding carboxylic acids is 1. The molecule has 16 heavy (non-hydrogen) atoms. The molecule has 88 valence electrons. The minimum Gasteiger partial charge on any atom is -0.507 e. The molecule has 0 amide bonds. The average molecular weight is 246 g/mol. The zero-order valence-corrected chi connectivity index (χ0v) is 9.45. The molecule has 0 aliphatic rings. The molecule has 0 atom stereocenters. The summed E-state index contributed by atoms with van der Waals surface area (Å²) in [5.74, 6) is -1.20. The van der Waals surface area contributed by atoms with Crippen LogP contribution in [-0.2, 0) is 14.9 Å². The highest BCUT2D eigenvalue weighted by Crippen LogP contribution is 2.24. The molecular formula is C9H10O6S. The molecule has 0 aliphatic carbocycles. The smallest absolute Gasteiger partial charge is 0.341 e. The Bertz CT molecular complexity index is 505. The molecule has 1 aromatic rings. The highest BCUT2D eigenvalue weighted by molar-refractivity contribution is 7.86. The van der Waals surface area contributed by atoms with Gasteiger partial charge in [-0.1, -0.05) is 0 Å². The molecule has 0 saturated carbocycles. The minimum absolute atomic E-state index is 0.0663. The van der Waals surface area contributed by atoms with E-state index in [1.807, 2.05) is 0 Å². The van der Waals surface area contributed by atoms with Crippen molar-refractivity contribution in [1.82, 2.24) is 0 Å². The van der Waals surface area contributed by atoms with E-state index in [-0.39, 0.29) is 11.3 Å². The average Bonchev–Trinajstić information content (AvgIpc) is 2.14. The number of esters is 1. The third-order valence-electron chi connectivity index (χ3n) is 1.62. The van der Waals surface area contributed by atoms with E-state index >= 15 is 0 Å². The summed E-state index contributed by atoms with van der Waals surface area (Å²) in [6.45, 7) is 0. The molecule has 1 rings (SSSR count). The molecule has 0 aliphatic heterocycles. The van der Waals surface area contributed by atoms with Gasteiger partial charge in [-0.25, -0.2) is 4.79 Å². The zero-order chi connectivity index (χ0) is 12.3. The first-order valence-corrected chi connectivity index (χ1v) is 5.96. The van der Waals surface area contributed by atoms with Crippen LogP contribution >= 0.6 is 0 Å². The Hall–Kier alpha value is -1.76. The summed E-state index contributed by atoms with van der Waals surface area (Å²) in [6, 6.07) is 3.47. The molecular weight excluding hydrogens is 236 g/mol. The SMILES string of the molecule is COC(=O)c1ccc(OS(C)(=O)=O)cc1O. The molecule has 0 spiro atoms. The van der Waals surface area contributed by atoms with Crippen molar-refractivity contribution < 1.29 is 27.2 Å². The van der Waals surface area contributed by atoms with Crippen molar-refractivity contribution in [3.63, 3.8) is 0 Å². The second-order valence-electron chi connectivity index (χ2n) is 2.96. The summed E-state index contributed by atoms with van der Waals surface area (Å²) in [4.78, 5) is 11.1. The number of phenolic OH excluding ortho intramolecular Hbond substituents is 1. The third kappa shape index (κ3) is 3.13. The van der Waals surface area contributed by atoms with Crippen LogP contribution in [-0.4, -0.2) is 32.9 Å². The standard InChI is InChI=1S/C9H10O6S/c1-14-9(11)7-4-3-6(5-8(7)10)15-16(2,12)13/h3-5,10H,1-2H3. The highest BCUT2D eigenvalue weighted by atomic mass is 32.2. The van der Waals surface area contributed by atoms with Gasteiger partial charge in [0.2, 0.25) is 0 Å². The van der Waals surface area contributed by atoms with Gasteiger partial charge in [-0.2, -0.15) is 8.42 Å². The number of ether oxygens (including phenoxy) is 1. The van der Waals surface area contributed by atoms with Gasteiger partial charge in [0.25, 0.3) is 0 Å². The maximum absolute atomic E-state index is 11.1. The summed E-state index contributed by atoms with van der Waals surface area (Å²) >= 11 is 0. The van der Waals surface area contributed by atoms with Crippen LogP contribution in [0.3, 0.4) is 0 Å². The molecule has 6 nitrogen and oxygen atoms in total. The molecule has 0 fully saturated rings. The van der Waals surface area contributed by atoms with Crippen molar-refractivity contribution in [3.8, 4) is 11.5 Å². The van der Waals surface area contributed by atoms with Crippen LogP contribution < -0.4 is 4.18 Å². The maximum Gasteiger partial charge on any atom is 0.341 e. The van der Waals surface area contributed by atoms with Gasteiger partial charge in [-0.3, -0.25) is 0 Å². The van der Waals surface area contributed by atoms with Gasteiger partial charge in [-0.15, -0.1) is 0 Å². The molecule has 0 aromatic heterocycles. The monoisotopic (exact) mass is 246 g/mol. The quantitative estimate of drug-likeness (QED) is 0.617. The van der Waals surface area contributed by atoms with E-state index in [9.17, 15) is 18.3 Å². The topological polar surface area (TPSA) is 89.9 Å². The summed E-state index contributed by atoms with van der Waals surface area (Å²) < 4.78 is 30.5. The molecule has 7 heteroatoms. The van der Waals surface area contributed by atoms with Crippen molar-refractivity contribution in [2.24, 2.45) is 0 Å². The summed E-state index contributed by atoms with van der Waals surface area (Å²) in [6.07, 6.45) is 0.873. The van der Waals surface area contributed by atoms with Crippen LogP contribution in [0.2, 0.25) is 0 Å².